The molecule has 0 rings (SSSR count). The van der Waals surface area contributed by atoms with Gasteiger partial charge in [-0.3, -0.25) is 15.7 Å². The molecule has 0 saturated heterocycles. The minimum absolute atomic E-state index is 0.275. The van der Waals surface area contributed by atoms with E-state index in [2.05, 4.69) is 17.4 Å². The SMILES string of the molecule is CCCN=C(NO)C(C)C. The predicted molar refractivity (Wildman–Crippen MR) is 42.4 cm³/mol. The molecule has 2 N–H and O–H groups in total. The Hall–Kier alpha value is -0.570. The van der Waals surface area contributed by atoms with Crippen LogP contribution in [0.15, 0.2) is 4.99 Å². The summed E-state index contributed by atoms with van der Waals surface area (Å²) in [6.07, 6.45) is 1.01. The number of hydroxylamine groups is 1. The fraction of sp³-hybridized carbons (Fsp3) is 0.857. The van der Waals surface area contributed by atoms with Gasteiger partial charge in [0.2, 0.25) is 0 Å². The Morgan fingerprint density at radius 2 is 2.20 bits per heavy atom. The number of hydrogen-bond donors (Lipinski definition) is 2. The lowest BCUT2D eigenvalue weighted by Gasteiger charge is -2.06. The molecule has 0 aliphatic carbocycles. The van der Waals surface area contributed by atoms with Gasteiger partial charge in [0.25, 0.3) is 0 Å². The van der Waals surface area contributed by atoms with Crippen molar-refractivity contribution in [1.29, 1.82) is 0 Å². The molecule has 0 aromatic heterocycles. The van der Waals surface area contributed by atoms with Crippen LogP contribution in [0.2, 0.25) is 0 Å². The maximum atomic E-state index is 8.54. The second-order valence-electron chi connectivity index (χ2n) is 2.53. The van der Waals surface area contributed by atoms with Crippen molar-refractivity contribution in [3.05, 3.63) is 0 Å². The molecule has 0 radical (unpaired) electrons. The topological polar surface area (TPSA) is 44.6 Å². The summed E-state index contributed by atoms with van der Waals surface area (Å²) in [6, 6.07) is 0. The zero-order chi connectivity index (χ0) is 7.98. The Labute approximate surface area is 62.1 Å². The van der Waals surface area contributed by atoms with E-state index in [0.29, 0.717) is 5.84 Å². The molecule has 0 aliphatic heterocycles. The van der Waals surface area contributed by atoms with E-state index in [-0.39, 0.29) is 5.92 Å². The van der Waals surface area contributed by atoms with E-state index < -0.39 is 0 Å². The van der Waals surface area contributed by atoms with Crippen molar-refractivity contribution in [2.24, 2.45) is 10.9 Å². The number of hydrogen-bond acceptors (Lipinski definition) is 2. The average molecular weight is 144 g/mol. The smallest absolute Gasteiger partial charge is 0.123 e. The first-order valence-electron chi connectivity index (χ1n) is 3.66. The van der Waals surface area contributed by atoms with E-state index >= 15 is 0 Å². The lowest BCUT2D eigenvalue weighted by molar-refractivity contribution is 0.228. The van der Waals surface area contributed by atoms with Crippen LogP contribution in [0.25, 0.3) is 0 Å². The molecule has 10 heavy (non-hydrogen) atoms. The van der Waals surface area contributed by atoms with E-state index in [0.717, 1.165) is 13.0 Å². The fourth-order valence-corrected chi connectivity index (χ4v) is 0.579. The molecule has 0 aromatic rings. The van der Waals surface area contributed by atoms with Crippen molar-refractivity contribution < 1.29 is 5.21 Å². The highest BCUT2D eigenvalue weighted by Gasteiger charge is 2.00. The fourth-order valence-electron chi connectivity index (χ4n) is 0.579. The summed E-state index contributed by atoms with van der Waals surface area (Å²) in [4.78, 5) is 4.12. The van der Waals surface area contributed by atoms with Crippen LogP contribution in [-0.4, -0.2) is 17.6 Å². The second kappa shape index (κ2) is 5.23. The highest BCUT2D eigenvalue weighted by molar-refractivity contribution is 5.82. The molecule has 0 aliphatic rings. The second-order valence-corrected chi connectivity index (χ2v) is 2.53. The van der Waals surface area contributed by atoms with E-state index in [4.69, 9.17) is 5.21 Å². The van der Waals surface area contributed by atoms with Crippen LogP contribution in [0.1, 0.15) is 27.2 Å². The zero-order valence-electron chi connectivity index (χ0n) is 6.89. The van der Waals surface area contributed by atoms with Crippen molar-refractivity contribution >= 4 is 5.84 Å². The number of nitrogens with zero attached hydrogens (tertiary/aromatic N) is 1. The highest BCUT2D eigenvalue weighted by atomic mass is 16.5. The Morgan fingerprint density at radius 3 is 2.50 bits per heavy atom. The molecule has 0 amide bonds. The first-order valence-corrected chi connectivity index (χ1v) is 3.66. The van der Waals surface area contributed by atoms with Gasteiger partial charge >= 0.3 is 0 Å². The van der Waals surface area contributed by atoms with Gasteiger partial charge in [-0.05, 0) is 6.42 Å². The monoisotopic (exact) mass is 144 g/mol. The molecule has 60 valence electrons. The zero-order valence-corrected chi connectivity index (χ0v) is 6.89. The number of nitrogens with one attached hydrogen (secondary N) is 1. The normalized spacial score (nSPS) is 12.3. The Bertz CT molecular complexity index is 110. The van der Waals surface area contributed by atoms with E-state index in [1.54, 1.807) is 0 Å². The predicted octanol–water partition coefficient (Wildman–Crippen LogP) is 1.43. The lowest BCUT2D eigenvalue weighted by Crippen LogP contribution is -2.24. The van der Waals surface area contributed by atoms with E-state index in [1.807, 2.05) is 13.8 Å². The van der Waals surface area contributed by atoms with Crippen LogP contribution in [-0.2, 0) is 0 Å². The van der Waals surface area contributed by atoms with Crippen molar-refractivity contribution in [2.75, 3.05) is 6.54 Å². The van der Waals surface area contributed by atoms with Crippen molar-refractivity contribution in [3.63, 3.8) is 0 Å². The summed E-state index contributed by atoms with van der Waals surface area (Å²) in [5, 5.41) is 8.54. The van der Waals surface area contributed by atoms with Crippen LogP contribution in [0.5, 0.6) is 0 Å². The van der Waals surface area contributed by atoms with Gasteiger partial charge in [0.15, 0.2) is 0 Å². The molecule has 0 heterocycles. The summed E-state index contributed by atoms with van der Waals surface area (Å²) >= 11 is 0. The summed E-state index contributed by atoms with van der Waals surface area (Å²) in [6.45, 7) is 6.80. The maximum absolute atomic E-state index is 8.54. The molecule has 0 unspecified atom stereocenters. The van der Waals surface area contributed by atoms with Gasteiger partial charge in [-0.15, -0.1) is 0 Å². The Kier molecular flexibility index (Phi) is 4.94. The first-order chi connectivity index (χ1) is 4.72. The van der Waals surface area contributed by atoms with Crippen LogP contribution in [0, 0.1) is 5.92 Å². The molecular weight excluding hydrogens is 128 g/mol. The molecule has 0 atom stereocenters. The summed E-state index contributed by atoms with van der Waals surface area (Å²) in [5.74, 6) is 0.943. The maximum Gasteiger partial charge on any atom is 0.123 e. The van der Waals surface area contributed by atoms with Crippen LogP contribution in [0.4, 0.5) is 0 Å². The van der Waals surface area contributed by atoms with E-state index in [1.165, 1.54) is 0 Å². The average Bonchev–Trinajstić information content (AvgIpc) is 1.89. The van der Waals surface area contributed by atoms with Gasteiger partial charge in [0, 0.05) is 12.5 Å². The van der Waals surface area contributed by atoms with Crippen LogP contribution >= 0.6 is 0 Å². The largest absolute Gasteiger partial charge is 0.290 e. The molecule has 0 aromatic carbocycles. The molecule has 0 fully saturated rings. The number of aliphatic imine (C=N–C) groups is 1. The minimum atomic E-state index is 0.275. The van der Waals surface area contributed by atoms with Crippen molar-refractivity contribution in [2.45, 2.75) is 27.2 Å². The Morgan fingerprint density at radius 1 is 1.60 bits per heavy atom. The highest BCUT2D eigenvalue weighted by Crippen LogP contribution is 1.93. The van der Waals surface area contributed by atoms with Crippen LogP contribution < -0.4 is 5.48 Å². The number of amidine groups is 1. The quantitative estimate of drug-likeness (QED) is 0.357. The van der Waals surface area contributed by atoms with Gasteiger partial charge in [-0.1, -0.05) is 20.8 Å². The van der Waals surface area contributed by atoms with Crippen LogP contribution in [0.3, 0.4) is 0 Å². The van der Waals surface area contributed by atoms with Gasteiger partial charge in [0.05, 0.1) is 0 Å². The van der Waals surface area contributed by atoms with Gasteiger partial charge < -0.3 is 0 Å². The lowest BCUT2D eigenvalue weighted by atomic mass is 10.2. The summed E-state index contributed by atoms with van der Waals surface area (Å²) < 4.78 is 0. The van der Waals surface area contributed by atoms with E-state index in [9.17, 15) is 0 Å². The summed E-state index contributed by atoms with van der Waals surface area (Å²) in [5.41, 5.74) is 2.09. The molecule has 3 heteroatoms. The van der Waals surface area contributed by atoms with Gasteiger partial charge in [0.1, 0.15) is 5.84 Å². The molecular formula is C7H16N2O. The standard InChI is InChI=1S/C7H16N2O/c1-4-5-8-7(9-10)6(2)3/h6,10H,4-5H2,1-3H3,(H,8,9). The number of rotatable bonds is 3. The molecule has 0 saturated carbocycles. The molecule has 3 nitrogen and oxygen atoms in total. The Balaban J connectivity index is 3.79. The van der Waals surface area contributed by atoms with Crippen molar-refractivity contribution in [3.8, 4) is 0 Å². The summed E-state index contributed by atoms with van der Waals surface area (Å²) in [7, 11) is 0. The first kappa shape index (κ1) is 9.43. The third-order valence-electron chi connectivity index (χ3n) is 1.17. The van der Waals surface area contributed by atoms with Gasteiger partial charge in [-0.2, -0.15) is 0 Å². The van der Waals surface area contributed by atoms with Crippen molar-refractivity contribution in [1.82, 2.24) is 5.48 Å². The third-order valence-corrected chi connectivity index (χ3v) is 1.17. The van der Waals surface area contributed by atoms with Gasteiger partial charge in [-0.25, -0.2) is 0 Å². The molecule has 0 bridgehead atoms. The minimum Gasteiger partial charge on any atom is -0.290 e. The third kappa shape index (κ3) is 3.45. The molecule has 0 spiro atoms.